The molecule has 0 aliphatic carbocycles. The maximum Gasteiger partial charge on any atom is 0.0676 e. The smallest absolute Gasteiger partial charge is 0.0676 e. The highest BCUT2D eigenvalue weighted by Gasteiger charge is 2.22. The average molecular weight is 239 g/mol. The number of ether oxygens (including phenoxy) is 1. The summed E-state index contributed by atoms with van der Waals surface area (Å²) in [7, 11) is 0. The quantitative estimate of drug-likeness (QED) is 0.691. The molecule has 0 fully saturated rings. The fourth-order valence-electron chi connectivity index (χ4n) is 1.32. The lowest BCUT2D eigenvalue weighted by Crippen LogP contribution is -2.30. The fourth-order valence-corrected chi connectivity index (χ4v) is 1.48. The van der Waals surface area contributed by atoms with E-state index in [1.165, 1.54) is 0 Å². The van der Waals surface area contributed by atoms with Gasteiger partial charge in [-0.1, -0.05) is 29.3 Å². The molecule has 0 aromatic heterocycles. The van der Waals surface area contributed by atoms with E-state index < -0.39 is 0 Å². The second-order valence-electron chi connectivity index (χ2n) is 3.21. The van der Waals surface area contributed by atoms with Crippen LogP contribution in [0, 0.1) is 0 Å². The Kier molecular flexibility index (Phi) is 7.10. The summed E-state index contributed by atoms with van der Waals surface area (Å²) in [5, 5.41) is 9.69. The Labute approximate surface area is 83.4 Å². The minimum absolute atomic E-state index is 0.128. The molecule has 0 amide bonds. The van der Waals surface area contributed by atoms with Crippen LogP contribution in [0.4, 0.5) is 0 Å². The zero-order valence-electron chi connectivity index (χ0n) is 7.98. The minimum atomic E-state index is -0.128. The summed E-state index contributed by atoms with van der Waals surface area (Å²) in [6, 6.07) is 0. The topological polar surface area (TPSA) is 29.5 Å². The number of aliphatic hydroxyl groups is 1. The van der Waals surface area contributed by atoms with Crippen molar-refractivity contribution in [2.45, 2.75) is 38.7 Å². The van der Waals surface area contributed by atoms with Crippen LogP contribution in [-0.4, -0.2) is 29.3 Å². The molecule has 74 valence electrons. The molecule has 1 atom stereocenters. The van der Waals surface area contributed by atoms with Gasteiger partial charge in [0.05, 0.1) is 12.2 Å². The van der Waals surface area contributed by atoms with E-state index in [2.05, 4.69) is 29.8 Å². The van der Waals surface area contributed by atoms with Crippen LogP contribution in [0.2, 0.25) is 0 Å². The first-order valence-corrected chi connectivity index (χ1v) is 5.61. The predicted molar refractivity (Wildman–Crippen MR) is 54.8 cm³/mol. The van der Waals surface area contributed by atoms with E-state index in [1.807, 2.05) is 0 Å². The lowest BCUT2D eigenvalue weighted by atomic mass is 9.97. The molecule has 2 nitrogen and oxygen atoms in total. The first-order valence-electron chi connectivity index (χ1n) is 4.49. The summed E-state index contributed by atoms with van der Waals surface area (Å²) in [6.45, 7) is 5.12. The van der Waals surface area contributed by atoms with Gasteiger partial charge in [0.25, 0.3) is 0 Å². The van der Waals surface area contributed by atoms with Crippen molar-refractivity contribution in [3.05, 3.63) is 0 Å². The third kappa shape index (κ3) is 5.12. The van der Waals surface area contributed by atoms with E-state index in [0.29, 0.717) is 0 Å². The van der Waals surface area contributed by atoms with Crippen molar-refractivity contribution < 1.29 is 9.84 Å². The van der Waals surface area contributed by atoms with Crippen LogP contribution in [0.1, 0.15) is 33.1 Å². The van der Waals surface area contributed by atoms with Gasteiger partial charge in [0.1, 0.15) is 0 Å². The Morgan fingerprint density at radius 2 is 2.08 bits per heavy atom. The number of aliphatic hydroxyl groups excluding tert-OH is 1. The van der Waals surface area contributed by atoms with Crippen LogP contribution in [0.3, 0.4) is 0 Å². The zero-order chi connectivity index (χ0) is 9.45. The molecular formula is C9H19BrO2. The Balaban J connectivity index is 3.80. The van der Waals surface area contributed by atoms with Crippen LogP contribution in [0.5, 0.6) is 0 Å². The fraction of sp³-hybridized carbons (Fsp3) is 1.00. The minimum Gasteiger partial charge on any atom is -0.396 e. The molecule has 0 aliphatic heterocycles. The predicted octanol–water partition coefficient (Wildman–Crippen LogP) is 2.34. The van der Waals surface area contributed by atoms with Gasteiger partial charge in [0.15, 0.2) is 0 Å². The molecule has 0 aromatic rings. The molecule has 0 heterocycles. The second kappa shape index (κ2) is 6.87. The third-order valence-electron chi connectivity index (χ3n) is 1.95. The van der Waals surface area contributed by atoms with E-state index in [-0.39, 0.29) is 12.2 Å². The van der Waals surface area contributed by atoms with Crippen molar-refractivity contribution in [1.29, 1.82) is 0 Å². The van der Waals surface area contributed by atoms with Gasteiger partial charge in [-0.05, 0) is 19.8 Å². The standard InChI is InChI=1S/C9H19BrO2/c1-3-4-9(2,5-7-11)12-8-6-10/h11H,3-8H2,1-2H3. The van der Waals surface area contributed by atoms with Gasteiger partial charge in [0, 0.05) is 11.9 Å². The molecule has 12 heavy (non-hydrogen) atoms. The molecule has 0 bridgehead atoms. The van der Waals surface area contributed by atoms with Crippen molar-refractivity contribution in [2.24, 2.45) is 0 Å². The molecule has 0 saturated carbocycles. The van der Waals surface area contributed by atoms with Crippen LogP contribution < -0.4 is 0 Å². The highest BCUT2D eigenvalue weighted by Crippen LogP contribution is 2.21. The summed E-state index contributed by atoms with van der Waals surface area (Å²) in [5.41, 5.74) is -0.128. The Morgan fingerprint density at radius 3 is 2.50 bits per heavy atom. The zero-order valence-corrected chi connectivity index (χ0v) is 9.56. The monoisotopic (exact) mass is 238 g/mol. The second-order valence-corrected chi connectivity index (χ2v) is 4.00. The van der Waals surface area contributed by atoms with E-state index in [9.17, 15) is 0 Å². The van der Waals surface area contributed by atoms with Gasteiger partial charge < -0.3 is 9.84 Å². The maximum atomic E-state index is 8.84. The van der Waals surface area contributed by atoms with Crippen LogP contribution in [0.25, 0.3) is 0 Å². The van der Waals surface area contributed by atoms with Crippen LogP contribution in [-0.2, 0) is 4.74 Å². The molecule has 0 saturated heterocycles. The summed E-state index contributed by atoms with van der Waals surface area (Å²) < 4.78 is 5.65. The highest BCUT2D eigenvalue weighted by atomic mass is 79.9. The third-order valence-corrected chi connectivity index (χ3v) is 2.27. The molecular weight excluding hydrogens is 220 g/mol. The molecule has 0 aromatic carbocycles. The number of halogens is 1. The summed E-state index contributed by atoms with van der Waals surface area (Å²) >= 11 is 3.32. The van der Waals surface area contributed by atoms with Gasteiger partial charge in [-0.3, -0.25) is 0 Å². The van der Waals surface area contributed by atoms with Gasteiger partial charge >= 0.3 is 0 Å². The molecule has 1 N–H and O–H groups in total. The normalized spacial score (nSPS) is 16.0. The molecule has 0 spiro atoms. The Bertz CT molecular complexity index is 101. The van der Waals surface area contributed by atoms with Crippen molar-refractivity contribution in [3.63, 3.8) is 0 Å². The Hall–Kier alpha value is 0.400. The van der Waals surface area contributed by atoms with Gasteiger partial charge in [-0.25, -0.2) is 0 Å². The molecule has 0 aliphatic rings. The average Bonchev–Trinajstić information content (AvgIpc) is 2.02. The van der Waals surface area contributed by atoms with E-state index in [0.717, 1.165) is 31.2 Å². The largest absolute Gasteiger partial charge is 0.396 e. The first kappa shape index (κ1) is 12.4. The number of hydrogen-bond acceptors (Lipinski definition) is 2. The van der Waals surface area contributed by atoms with Gasteiger partial charge in [-0.2, -0.15) is 0 Å². The van der Waals surface area contributed by atoms with Gasteiger partial charge in [0.2, 0.25) is 0 Å². The first-order chi connectivity index (χ1) is 5.68. The van der Waals surface area contributed by atoms with E-state index in [1.54, 1.807) is 0 Å². The summed E-state index contributed by atoms with van der Waals surface area (Å²) in [4.78, 5) is 0. The number of rotatable bonds is 7. The SMILES string of the molecule is CCCC(C)(CCO)OCCBr. The molecule has 3 heteroatoms. The Morgan fingerprint density at radius 1 is 1.42 bits per heavy atom. The van der Waals surface area contributed by atoms with Crippen molar-refractivity contribution in [2.75, 3.05) is 18.5 Å². The summed E-state index contributed by atoms with van der Waals surface area (Å²) in [5.74, 6) is 0. The molecule has 0 rings (SSSR count). The van der Waals surface area contributed by atoms with Crippen LogP contribution in [0.15, 0.2) is 0 Å². The van der Waals surface area contributed by atoms with Crippen LogP contribution >= 0.6 is 15.9 Å². The molecule has 1 unspecified atom stereocenters. The number of alkyl halides is 1. The lowest BCUT2D eigenvalue weighted by molar-refractivity contribution is -0.0448. The van der Waals surface area contributed by atoms with E-state index >= 15 is 0 Å². The van der Waals surface area contributed by atoms with Crippen molar-refractivity contribution >= 4 is 15.9 Å². The maximum absolute atomic E-state index is 8.84. The van der Waals surface area contributed by atoms with Crippen molar-refractivity contribution in [3.8, 4) is 0 Å². The summed E-state index contributed by atoms with van der Waals surface area (Å²) in [6.07, 6.45) is 2.84. The highest BCUT2D eigenvalue weighted by molar-refractivity contribution is 9.09. The van der Waals surface area contributed by atoms with Crippen molar-refractivity contribution in [1.82, 2.24) is 0 Å². The molecule has 0 radical (unpaired) electrons. The number of hydrogen-bond donors (Lipinski definition) is 1. The van der Waals surface area contributed by atoms with Gasteiger partial charge in [-0.15, -0.1) is 0 Å². The van der Waals surface area contributed by atoms with E-state index in [4.69, 9.17) is 9.84 Å². The lowest BCUT2D eigenvalue weighted by Gasteiger charge is -2.28.